The summed E-state index contributed by atoms with van der Waals surface area (Å²) in [5.74, 6) is 0.107. The molecule has 4 heteroatoms. The van der Waals surface area contributed by atoms with Gasteiger partial charge in [0.25, 0.3) is 0 Å². The van der Waals surface area contributed by atoms with Crippen molar-refractivity contribution in [3.63, 3.8) is 0 Å². The summed E-state index contributed by atoms with van der Waals surface area (Å²) < 4.78 is 16.6. The molecule has 0 spiro atoms. The Kier molecular flexibility index (Phi) is 2.79. The first kappa shape index (κ1) is 10.4. The van der Waals surface area contributed by atoms with Crippen LogP contribution < -0.4 is 0 Å². The van der Waals surface area contributed by atoms with E-state index in [1.165, 1.54) is 0 Å². The molecule has 6 atom stereocenters. The summed E-state index contributed by atoms with van der Waals surface area (Å²) in [7, 11) is 0. The van der Waals surface area contributed by atoms with Gasteiger partial charge in [0.2, 0.25) is 0 Å². The Hall–Kier alpha value is -0.160. The first-order valence-electron chi connectivity index (χ1n) is 5.20. The Balaban J connectivity index is 2.08. The molecule has 1 N–H and O–H groups in total. The van der Waals surface area contributed by atoms with Gasteiger partial charge in [0.05, 0.1) is 24.9 Å². The van der Waals surface area contributed by atoms with E-state index in [2.05, 4.69) is 0 Å². The lowest BCUT2D eigenvalue weighted by Crippen LogP contribution is -2.58. The van der Waals surface area contributed by atoms with Crippen LogP contribution in [-0.2, 0) is 14.2 Å². The topological polar surface area (TPSA) is 47.9 Å². The van der Waals surface area contributed by atoms with Crippen LogP contribution in [0.3, 0.4) is 0 Å². The van der Waals surface area contributed by atoms with Gasteiger partial charge >= 0.3 is 0 Å². The molecule has 0 radical (unpaired) electrons. The Labute approximate surface area is 84.1 Å². The Morgan fingerprint density at radius 3 is 2.57 bits per heavy atom. The Bertz CT molecular complexity index is 206. The van der Waals surface area contributed by atoms with Crippen molar-refractivity contribution in [2.45, 2.75) is 51.5 Å². The molecule has 4 nitrogen and oxygen atoms in total. The Morgan fingerprint density at radius 1 is 1.14 bits per heavy atom. The van der Waals surface area contributed by atoms with Gasteiger partial charge in [-0.05, 0) is 13.8 Å². The molecular weight excluding hydrogens is 184 g/mol. The van der Waals surface area contributed by atoms with Gasteiger partial charge in [0, 0.05) is 5.92 Å². The first-order valence-corrected chi connectivity index (χ1v) is 5.20. The second-order valence-corrected chi connectivity index (χ2v) is 4.23. The molecule has 0 amide bonds. The van der Waals surface area contributed by atoms with E-state index in [1.54, 1.807) is 0 Å². The number of aliphatic hydroxyl groups is 1. The summed E-state index contributed by atoms with van der Waals surface area (Å²) in [6.45, 7) is 6.31. The fourth-order valence-corrected chi connectivity index (χ4v) is 2.23. The number of hydrogen-bond acceptors (Lipinski definition) is 4. The van der Waals surface area contributed by atoms with Crippen molar-refractivity contribution < 1.29 is 19.3 Å². The number of fused-ring (bicyclic) bond motifs is 1. The zero-order valence-corrected chi connectivity index (χ0v) is 8.84. The molecule has 14 heavy (non-hydrogen) atoms. The maximum absolute atomic E-state index is 9.83. The molecule has 2 aliphatic heterocycles. The number of aliphatic hydroxyl groups excluding tert-OH is 1. The highest BCUT2D eigenvalue weighted by Gasteiger charge is 2.44. The van der Waals surface area contributed by atoms with Gasteiger partial charge in [-0.3, -0.25) is 0 Å². The molecule has 2 heterocycles. The molecule has 0 saturated carbocycles. The van der Waals surface area contributed by atoms with Gasteiger partial charge in [-0.2, -0.15) is 0 Å². The van der Waals surface area contributed by atoms with Crippen molar-refractivity contribution >= 4 is 0 Å². The summed E-state index contributed by atoms with van der Waals surface area (Å²) in [6, 6.07) is 0. The fourth-order valence-electron chi connectivity index (χ4n) is 2.23. The van der Waals surface area contributed by atoms with Gasteiger partial charge in [-0.25, -0.2) is 0 Å². The van der Waals surface area contributed by atoms with Crippen LogP contribution in [0, 0.1) is 5.92 Å². The minimum Gasteiger partial charge on any atom is -0.390 e. The van der Waals surface area contributed by atoms with Gasteiger partial charge < -0.3 is 19.3 Å². The van der Waals surface area contributed by atoms with E-state index in [0.29, 0.717) is 6.61 Å². The highest BCUT2D eigenvalue weighted by Crippen LogP contribution is 2.31. The second kappa shape index (κ2) is 3.77. The van der Waals surface area contributed by atoms with Gasteiger partial charge in [-0.15, -0.1) is 0 Å². The summed E-state index contributed by atoms with van der Waals surface area (Å²) in [4.78, 5) is 0. The number of hydrogen-bond donors (Lipinski definition) is 1. The highest BCUT2D eigenvalue weighted by atomic mass is 16.7. The van der Waals surface area contributed by atoms with Crippen LogP contribution in [-0.4, -0.2) is 42.4 Å². The zero-order chi connectivity index (χ0) is 10.3. The van der Waals surface area contributed by atoms with Crippen LogP contribution in [0.4, 0.5) is 0 Å². The lowest BCUT2D eigenvalue weighted by molar-refractivity contribution is -0.306. The third-order valence-corrected chi connectivity index (χ3v) is 3.14. The van der Waals surface area contributed by atoms with Crippen molar-refractivity contribution in [3.8, 4) is 0 Å². The molecule has 3 unspecified atom stereocenters. The lowest BCUT2D eigenvalue weighted by Gasteiger charge is -2.46. The first-order chi connectivity index (χ1) is 6.59. The van der Waals surface area contributed by atoms with E-state index >= 15 is 0 Å². The molecule has 2 fully saturated rings. The molecular formula is C10H18O4. The van der Waals surface area contributed by atoms with Crippen LogP contribution in [0.15, 0.2) is 0 Å². The molecule has 2 saturated heterocycles. The minimum absolute atomic E-state index is 0.0281. The van der Waals surface area contributed by atoms with Crippen molar-refractivity contribution in [1.29, 1.82) is 0 Å². The van der Waals surface area contributed by atoms with E-state index < -0.39 is 6.10 Å². The summed E-state index contributed by atoms with van der Waals surface area (Å²) in [5, 5.41) is 9.83. The number of ether oxygens (including phenoxy) is 3. The average molecular weight is 202 g/mol. The number of rotatable bonds is 0. The van der Waals surface area contributed by atoms with Crippen molar-refractivity contribution in [1.82, 2.24) is 0 Å². The molecule has 0 aliphatic carbocycles. The molecule has 0 aromatic carbocycles. The monoisotopic (exact) mass is 202 g/mol. The molecule has 0 aromatic heterocycles. The van der Waals surface area contributed by atoms with E-state index in [-0.39, 0.29) is 30.5 Å². The maximum atomic E-state index is 9.83. The van der Waals surface area contributed by atoms with Crippen molar-refractivity contribution in [2.75, 3.05) is 6.61 Å². The SMILES string of the molecule is CC1OCC2O[C@@H](C)C(O)[C@@H](C)[C@@H]2O1. The summed E-state index contributed by atoms with van der Waals surface area (Å²) in [6.07, 6.45) is -0.833. The molecule has 0 aromatic rings. The molecule has 2 aliphatic rings. The molecule has 2 rings (SSSR count). The van der Waals surface area contributed by atoms with Gasteiger partial charge in [-0.1, -0.05) is 6.92 Å². The van der Waals surface area contributed by atoms with Crippen LogP contribution >= 0.6 is 0 Å². The van der Waals surface area contributed by atoms with Gasteiger partial charge in [0.1, 0.15) is 6.10 Å². The highest BCUT2D eigenvalue weighted by molar-refractivity contribution is 4.90. The van der Waals surface area contributed by atoms with Crippen LogP contribution in [0.25, 0.3) is 0 Å². The maximum Gasteiger partial charge on any atom is 0.155 e. The van der Waals surface area contributed by atoms with E-state index in [4.69, 9.17) is 14.2 Å². The van der Waals surface area contributed by atoms with Crippen molar-refractivity contribution in [2.24, 2.45) is 5.92 Å². The molecule has 0 bridgehead atoms. The fraction of sp³-hybridized carbons (Fsp3) is 1.00. The van der Waals surface area contributed by atoms with Crippen LogP contribution in [0.2, 0.25) is 0 Å². The lowest BCUT2D eigenvalue weighted by atomic mass is 9.88. The second-order valence-electron chi connectivity index (χ2n) is 4.23. The Morgan fingerprint density at radius 2 is 1.86 bits per heavy atom. The molecule has 82 valence electrons. The van der Waals surface area contributed by atoms with Crippen molar-refractivity contribution in [3.05, 3.63) is 0 Å². The van der Waals surface area contributed by atoms with E-state index in [9.17, 15) is 5.11 Å². The standard InChI is InChI=1S/C10H18O4/c1-5-9(11)6(2)13-8-4-12-7(3)14-10(5)8/h5-11H,4H2,1-3H3/t5-,6+,7?,8?,9?,10+/m1/s1. The van der Waals surface area contributed by atoms with Crippen LogP contribution in [0.1, 0.15) is 20.8 Å². The summed E-state index contributed by atoms with van der Waals surface area (Å²) in [5.41, 5.74) is 0. The quantitative estimate of drug-likeness (QED) is 0.622. The average Bonchev–Trinajstić information content (AvgIpc) is 2.16. The predicted molar refractivity (Wildman–Crippen MR) is 49.8 cm³/mol. The van der Waals surface area contributed by atoms with Crippen LogP contribution in [0.5, 0.6) is 0 Å². The largest absolute Gasteiger partial charge is 0.390 e. The third-order valence-electron chi connectivity index (χ3n) is 3.14. The predicted octanol–water partition coefficient (Wildman–Crippen LogP) is 0.532. The normalized spacial score (nSPS) is 54.0. The third kappa shape index (κ3) is 1.67. The smallest absolute Gasteiger partial charge is 0.155 e. The van der Waals surface area contributed by atoms with E-state index in [0.717, 1.165) is 0 Å². The van der Waals surface area contributed by atoms with E-state index in [1.807, 2.05) is 20.8 Å². The minimum atomic E-state index is -0.443. The zero-order valence-electron chi connectivity index (χ0n) is 8.84. The van der Waals surface area contributed by atoms with Gasteiger partial charge in [0.15, 0.2) is 6.29 Å². The summed E-state index contributed by atoms with van der Waals surface area (Å²) >= 11 is 0.